The minimum absolute atomic E-state index is 0.202. The Morgan fingerprint density at radius 2 is 2.00 bits per heavy atom. The Kier molecular flexibility index (Phi) is 5.39. The summed E-state index contributed by atoms with van der Waals surface area (Å²) in [5, 5.41) is 19.5. The van der Waals surface area contributed by atoms with Crippen LogP contribution in [0.4, 0.5) is 10.5 Å². The molecule has 1 heterocycles. The number of carbonyl (C=O) groups excluding carboxylic acids is 1. The summed E-state index contributed by atoms with van der Waals surface area (Å²) >= 11 is 0. The molecule has 6 nitrogen and oxygen atoms in total. The van der Waals surface area contributed by atoms with Crippen LogP contribution in [0.1, 0.15) is 26.3 Å². The summed E-state index contributed by atoms with van der Waals surface area (Å²) in [6.45, 7) is 6.61. The van der Waals surface area contributed by atoms with Gasteiger partial charge in [0.15, 0.2) is 0 Å². The highest BCUT2D eigenvalue weighted by atomic mass is 16.3. The van der Waals surface area contributed by atoms with E-state index in [2.05, 4.69) is 15.7 Å². The Balaban J connectivity index is 1.83. The number of aromatic nitrogens is 2. The second kappa shape index (κ2) is 7.28. The standard InChI is InChI=1S/C17H24N4O2/c1-17(2,3)15(22)10-18-16(23)20-14-9-19-21(12-14)11-13-7-5-4-6-8-13/h4-9,12,15,22H,10-11H2,1-3H3,(H2,18,20,23). The van der Waals surface area contributed by atoms with Crippen molar-refractivity contribution in [2.24, 2.45) is 5.41 Å². The van der Waals surface area contributed by atoms with Crippen LogP contribution in [0, 0.1) is 5.41 Å². The maximum Gasteiger partial charge on any atom is 0.319 e. The van der Waals surface area contributed by atoms with Crippen LogP contribution in [-0.2, 0) is 6.54 Å². The van der Waals surface area contributed by atoms with Gasteiger partial charge in [-0.25, -0.2) is 4.79 Å². The smallest absolute Gasteiger partial charge is 0.319 e. The van der Waals surface area contributed by atoms with Crippen LogP contribution in [0.2, 0.25) is 0 Å². The third kappa shape index (κ3) is 5.41. The molecule has 2 amide bonds. The molecule has 0 bridgehead atoms. The van der Waals surface area contributed by atoms with E-state index in [-0.39, 0.29) is 18.0 Å². The summed E-state index contributed by atoms with van der Waals surface area (Å²) < 4.78 is 1.76. The van der Waals surface area contributed by atoms with Gasteiger partial charge in [-0.15, -0.1) is 0 Å². The van der Waals surface area contributed by atoms with E-state index in [4.69, 9.17) is 0 Å². The van der Waals surface area contributed by atoms with Gasteiger partial charge in [0, 0.05) is 12.7 Å². The average molecular weight is 316 g/mol. The van der Waals surface area contributed by atoms with Crippen LogP contribution in [0.5, 0.6) is 0 Å². The lowest BCUT2D eigenvalue weighted by Crippen LogP contribution is -2.40. The van der Waals surface area contributed by atoms with E-state index in [1.165, 1.54) is 0 Å². The first kappa shape index (κ1) is 17.0. The SMILES string of the molecule is CC(C)(C)C(O)CNC(=O)Nc1cnn(Cc2ccccc2)c1. The number of anilines is 1. The Morgan fingerprint density at radius 3 is 2.65 bits per heavy atom. The van der Waals surface area contributed by atoms with Crippen molar-refractivity contribution in [2.45, 2.75) is 33.4 Å². The Labute approximate surface area is 136 Å². The van der Waals surface area contributed by atoms with Gasteiger partial charge in [0.05, 0.1) is 24.5 Å². The van der Waals surface area contributed by atoms with E-state index in [0.717, 1.165) is 5.56 Å². The van der Waals surface area contributed by atoms with Crippen molar-refractivity contribution in [1.29, 1.82) is 0 Å². The predicted molar refractivity (Wildman–Crippen MR) is 90.3 cm³/mol. The van der Waals surface area contributed by atoms with E-state index in [1.807, 2.05) is 51.1 Å². The van der Waals surface area contributed by atoms with E-state index in [9.17, 15) is 9.90 Å². The first-order valence-corrected chi connectivity index (χ1v) is 7.64. The quantitative estimate of drug-likeness (QED) is 0.793. The Hall–Kier alpha value is -2.34. The van der Waals surface area contributed by atoms with Gasteiger partial charge in [-0.05, 0) is 11.0 Å². The van der Waals surface area contributed by atoms with Gasteiger partial charge in [0.25, 0.3) is 0 Å². The molecule has 23 heavy (non-hydrogen) atoms. The lowest BCUT2D eigenvalue weighted by molar-refractivity contribution is 0.0654. The van der Waals surface area contributed by atoms with Crippen molar-refractivity contribution < 1.29 is 9.90 Å². The second-order valence-corrected chi connectivity index (χ2v) is 6.63. The fraction of sp³-hybridized carbons (Fsp3) is 0.412. The number of urea groups is 1. The molecule has 1 atom stereocenters. The van der Waals surface area contributed by atoms with E-state index in [1.54, 1.807) is 17.1 Å². The molecule has 0 radical (unpaired) electrons. The van der Waals surface area contributed by atoms with Crippen molar-refractivity contribution in [3.8, 4) is 0 Å². The highest BCUT2D eigenvalue weighted by Gasteiger charge is 2.22. The lowest BCUT2D eigenvalue weighted by Gasteiger charge is -2.25. The van der Waals surface area contributed by atoms with E-state index < -0.39 is 6.10 Å². The molecule has 0 aliphatic carbocycles. The molecular weight excluding hydrogens is 292 g/mol. The molecule has 124 valence electrons. The fourth-order valence-corrected chi connectivity index (χ4v) is 1.96. The average Bonchev–Trinajstić information content (AvgIpc) is 2.91. The van der Waals surface area contributed by atoms with Crippen molar-refractivity contribution in [1.82, 2.24) is 15.1 Å². The van der Waals surface area contributed by atoms with Crippen molar-refractivity contribution in [2.75, 3.05) is 11.9 Å². The zero-order valence-corrected chi connectivity index (χ0v) is 13.8. The second-order valence-electron chi connectivity index (χ2n) is 6.63. The molecular formula is C17H24N4O2. The number of amides is 2. The molecule has 0 fully saturated rings. The lowest BCUT2D eigenvalue weighted by atomic mass is 9.89. The fourth-order valence-electron chi connectivity index (χ4n) is 1.96. The summed E-state index contributed by atoms with van der Waals surface area (Å²) in [4.78, 5) is 11.8. The molecule has 0 saturated carbocycles. The maximum atomic E-state index is 11.8. The molecule has 1 aromatic heterocycles. The summed E-state index contributed by atoms with van der Waals surface area (Å²) in [7, 11) is 0. The van der Waals surface area contributed by atoms with Crippen molar-refractivity contribution in [3.63, 3.8) is 0 Å². The third-order valence-electron chi connectivity index (χ3n) is 3.53. The zero-order chi connectivity index (χ0) is 16.9. The van der Waals surface area contributed by atoms with Crippen LogP contribution >= 0.6 is 0 Å². The van der Waals surface area contributed by atoms with Crippen molar-refractivity contribution in [3.05, 3.63) is 48.3 Å². The van der Waals surface area contributed by atoms with Crippen LogP contribution < -0.4 is 10.6 Å². The van der Waals surface area contributed by atoms with Crippen LogP contribution in [-0.4, -0.2) is 33.6 Å². The number of hydrogen-bond acceptors (Lipinski definition) is 3. The molecule has 6 heteroatoms. The molecule has 0 aliphatic heterocycles. The monoisotopic (exact) mass is 316 g/mol. The number of carbonyl (C=O) groups is 1. The van der Waals surface area contributed by atoms with Gasteiger partial charge in [-0.3, -0.25) is 4.68 Å². The summed E-state index contributed by atoms with van der Waals surface area (Å²) in [5.41, 5.74) is 1.48. The van der Waals surface area contributed by atoms with E-state index in [0.29, 0.717) is 12.2 Å². The number of aliphatic hydroxyl groups is 1. The van der Waals surface area contributed by atoms with Crippen molar-refractivity contribution >= 4 is 11.7 Å². The molecule has 1 aromatic carbocycles. The molecule has 2 aromatic rings. The third-order valence-corrected chi connectivity index (χ3v) is 3.53. The topological polar surface area (TPSA) is 79.2 Å². The number of aliphatic hydroxyl groups excluding tert-OH is 1. The number of rotatable bonds is 5. The number of nitrogens with one attached hydrogen (secondary N) is 2. The van der Waals surface area contributed by atoms with Gasteiger partial charge in [-0.1, -0.05) is 51.1 Å². The summed E-state index contributed by atoms with van der Waals surface area (Å²) in [5.74, 6) is 0. The molecule has 2 rings (SSSR count). The van der Waals surface area contributed by atoms with Crippen LogP contribution in [0.15, 0.2) is 42.7 Å². The van der Waals surface area contributed by atoms with Gasteiger partial charge >= 0.3 is 6.03 Å². The van der Waals surface area contributed by atoms with Gasteiger partial charge in [0.1, 0.15) is 0 Å². The van der Waals surface area contributed by atoms with Gasteiger partial charge < -0.3 is 15.7 Å². The normalized spacial score (nSPS) is 12.7. The molecule has 1 unspecified atom stereocenters. The van der Waals surface area contributed by atoms with Gasteiger partial charge in [0.2, 0.25) is 0 Å². The Morgan fingerprint density at radius 1 is 1.30 bits per heavy atom. The Bertz CT molecular complexity index is 632. The van der Waals surface area contributed by atoms with Crippen LogP contribution in [0.25, 0.3) is 0 Å². The zero-order valence-electron chi connectivity index (χ0n) is 13.8. The van der Waals surface area contributed by atoms with Crippen LogP contribution in [0.3, 0.4) is 0 Å². The minimum atomic E-state index is -0.603. The number of hydrogen-bond donors (Lipinski definition) is 3. The number of benzene rings is 1. The largest absolute Gasteiger partial charge is 0.391 e. The highest BCUT2D eigenvalue weighted by Crippen LogP contribution is 2.18. The molecule has 0 aliphatic rings. The minimum Gasteiger partial charge on any atom is -0.391 e. The predicted octanol–water partition coefficient (Wildman–Crippen LogP) is 2.46. The summed E-state index contributed by atoms with van der Waals surface area (Å²) in [6.07, 6.45) is 2.77. The molecule has 0 saturated heterocycles. The molecule has 3 N–H and O–H groups in total. The molecule has 0 spiro atoms. The number of nitrogens with zero attached hydrogens (tertiary/aromatic N) is 2. The maximum absolute atomic E-state index is 11.8. The highest BCUT2D eigenvalue weighted by molar-refractivity contribution is 5.88. The first-order valence-electron chi connectivity index (χ1n) is 7.64. The summed E-state index contributed by atoms with van der Waals surface area (Å²) in [6, 6.07) is 9.62. The first-order chi connectivity index (χ1) is 10.8. The van der Waals surface area contributed by atoms with Gasteiger partial charge in [-0.2, -0.15) is 5.10 Å². The van der Waals surface area contributed by atoms with E-state index >= 15 is 0 Å².